The Morgan fingerprint density at radius 1 is 1.50 bits per heavy atom. The first-order valence-electron chi connectivity index (χ1n) is 6.62. The van der Waals surface area contributed by atoms with E-state index in [1.807, 2.05) is 36.2 Å². The normalized spacial score (nSPS) is 16.6. The molecule has 1 aromatic carbocycles. The minimum Gasteiger partial charge on any atom is -0.289 e. The van der Waals surface area contributed by atoms with E-state index in [0.29, 0.717) is 5.56 Å². The van der Waals surface area contributed by atoms with Crippen molar-refractivity contribution < 1.29 is 4.79 Å². The average Bonchev–Trinajstić information content (AvgIpc) is 2.76. The second-order valence-electron chi connectivity index (χ2n) is 4.55. The molecule has 106 valence electrons. The van der Waals surface area contributed by atoms with Crippen molar-refractivity contribution in [2.24, 2.45) is 5.10 Å². The van der Waals surface area contributed by atoms with Gasteiger partial charge in [-0.25, -0.2) is 0 Å². The Morgan fingerprint density at radius 3 is 3.00 bits per heavy atom. The molecule has 1 heterocycles. The second-order valence-corrected chi connectivity index (χ2v) is 6.68. The summed E-state index contributed by atoms with van der Waals surface area (Å²) >= 11 is 4.94. The summed E-state index contributed by atoms with van der Waals surface area (Å²) in [5, 5.41) is 8.28. The van der Waals surface area contributed by atoms with Gasteiger partial charge in [0.15, 0.2) is 5.78 Å². The van der Waals surface area contributed by atoms with Gasteiger partial charge in [-0.2, -0.15) is 5.10 Å². The maximum atomic E-state index is 12.3. The van der Waals surface area contributed by atoms with Crippen LogP contribution in [0.1, 0.15) is 37.0 Å². The van der Waals surface area contributed by atoms with Crippen LogP contribution in [0.2, 0.25) is 0 Å². The summed E-state index contributed by atoms with van der Waals surface area (Å²) in [6.07, 6.45) is 3.87. The first-order valence-corrected chi connectivity index (χ1v) is 8.23. The molecule has 0 atom stereocenters. The minimum atomic E-state index is 0.0141. The Morgan fingerprint density at radius 2 is 2.30 bits per heavy atom. The first-order chi connectivity index (χ1) is 9.60. The average molecular weight is 353 g/mol. The lowest BCUT2D eigenvalue weighted by Gasteiger charge is -2.14. The van der Waals surface area contributed by atoms with Crippen LogP contribution in [0.5, 0.6) is 0 Å². The predicted molar refractivity (Wildman–Crippen MR) is 88.9 cm³/mol. The predicted octanol–water partition coefficient (Wildman–Crippen LogP) is 4.66. The molecule has 0 spiro atoms. The van der Waals surface area contributed by atoms with Crippen molar-refractivity contribution in [2.45, 2.75) is 26.7 Å². The quantitative estimate of drug-likeness (QED) is 0.570. The van der Waals surface area contributed by atoms with Crippen LogP contribution in [0, 0.1) is 0 Å². The standard InChI is InChI=1S/C15H17BrN2OS/c1-3-4-8-18-15(20-11(2)17-18)10-14(19)12-6-5-7-13(16)9-12/h5-7,9-10H,3-4,8H2,1-2H3. The molecule has 0 amide bonds. The van der Waals surface area contributed by atoms with E-state index in [9.17, 15) is 4.79 Å². The van der Waals surface area contributed by atoms with Crippen LogP contribution in [-0.2, 0) is 0 Å². The number of thioether (sulfide) groups is 1. The molecule has 1 aliphatic rings. The van der Waals surface area contributed by atoms with Gasteiger partial charge in [-0.05, 0) is 25.5 Å². The van der Waals surface area contributed by atoms with Gasteiger partial charge in [-0.1, -0.05) is 53.2 Å². The van der Waals surface area contributed by atoms with Crippen molar-refractivity contribution in [1.29, 1.82) is 0 Å². The topological polar surface area (TPSA) is 32.7 Å². The highest BCUT2D eigenvalue weighted by Gasteiger charge is 2.19. The van der Waals surface area contributed by atoms with Crippen molar-refractivity contribution >= 4 is 38.5 Å². The van der Waals surface area contributed by atoms with Gasteiger partial charge in [0.25, 0.3) is 0 Å². The molecular weight excluding hydrogens is 336 g/mol. The third-order valence-corrected chi connectivity index (χ3v) is 4.26. The highest BCUT2D eigenvalue weighted by molar-refractivity contribution is 9.10. The summed E-state index contributed by atoms with van der Waals surface area (Å²) in [5.41, 5.74) is 0.687. The molecule has 20 heavy (non-hydrogen) atoms. The summed E-state index contributed by atoms with van der Waals surface area (Å²) in [4.78, 5) is 12.3. The van der Waals surface area contributed by atoms with Crippen LogP contribution in [-0.4, -0.2) is 22.4 Å². The van der Waals surface area contributed by atoms with Gasteiger partial charge < -0.3 is 0 Å². The second kappa shape index (κ2) is 7.09. The Bertz CT molecular complexity index is 569. The third kappa shape index (κ3) is 3.96. The number of nitrogens with zero attached hydrogens (tertiary/aromatic N) is 2. The fourth-order valence-corrected chi connectivity index (χ4v) is 3.10. The van der Waals surface area contributed by atoms with E-state index in [-0.39, 0.29) is 5.78 Å². The van der Waals surface area contributed by atoms with Crippen molar-refractivity contribution in [3.8, 4) is 0 Å². The van der Waals surface area contributed by atoms with Crippen molar-refractivity contribution in [1.82, 2.24) is 5.01 Å². The van der Waals surface area contributed by atoms with Crippen LogP contribution in [0.25, 0.3) is 0 Å². The molecular formula is C15H17BrN2OS. The van der Waals surface area contributed by atoms with Crippen molar-refractivity contribution in [2.75, 3.05) is 6.54 Å². The molecule has 1 aromatic rings. The number of hydrogen-bond acceptors (Lipinski definition) is 4. The summed E-state index contributed by atoms with van der Waals surface area (Å²) in [6, 6.07) is 7.44. The van der Waals surface area contributed by atoms with Crippen molar-refractivity contribution in [3.05, 3.63) is 45.4 Å². The van der Waals surface area contributed by atoms with E-state index < -0.39 is 0 Å². The number of halogens is 1. The molecule has 0 N–H and O–H groups in total. The van der Waals surface area contributed by atoms with Crippen LogP contribution in [0.15, 0.2) is 44.9 Å². The number of unbranched alkanes of at least 4 members (excludes halogenated alkanes) is 1. The highest BCUT2D eigenvalue weighted by Crippen LogP contribution is 2.30. The zero-order chi connectivity index (χ0) is 14.5. The Hall–Kier alpha value is -1.07. The first kappa shape index (κ1) is 15.3. The van der Waals surface area contributed by atoms with E-state index >= 15 is 0 Å². The van der Waals surface area contributed by atoms with E-state index in [1.165, 1.54) is 0 Å². The molecule has 3 nitrogen and oxygen atoms in total. The van der Waals surface area contributed by atoms with Gasteiger partial charge in [0.1, 0.15) is 5.03 Å². The molecule has 0 unspecified atom stereocenters. The lowest BCUT2D eigenvalue weighted by Crippen LogP contribution is -2.14. The van der Waals surface area contributed by atoms with Crippen LogP contribution in [0.4, 0.5) is 0 Å². The highest BCUT2D eigenvalue weighted by atomic mass is 79.9. The van der Waals surface area contributed by atoms with Gasteiger partial charge in [0, 0.05) is 22.7 Å². The smallest absolute Gasteiger partial charge is 0.188 e. The number of hydrazone groups is 1. The fraction of sp³-hybridized carbons (Fsp3) is 0.333. The largest absolute Gasteiger partial charge is 0.289 e. The Balaban J connectivity index is 2.15. The zero-order valence-electron chi connectivity index (χ0n) is 11.6. The number of rotatable bonds is 5. The molecule has 0 aromatic heterocycles. The molecule has 0 radical (unpaired) electrons. The maximum absolute atomic E-state index is 12.3. The van der Waals surface area contributed by atoms with E-state index in [4.69, 9.17) is 0 Å². The molecule has 0 bridgehead atoms. The molecule has 5 heteroatoms. The lowest BCUT2D eigenvalue weighted by molar-refractivity contribution is 0.104. The summed E-state index contributed by atoms with van der Waals surface area (Å²) < 4.78 is 0.913. The maximum Gasteiger partial charge on any atom is 0.188 e. The minimum absolute atomic E-state index is 0.0141. The number of hydrogen-bond donors (Lipinski definition) is 0. The number of benzene rings is 1. The van der Waals surface area contributed by atoms with Gasteiger partial charge >= 0.3 is 0 Å². The molecule has 1 aliphatic heterocycles. The Labute approximate surface area is 132 Å². The van der Waals surface area contributed by atoms with E-state index in [0.717, 1.165) is 33.9 Å². The summed E-state index contributed by atoms with van der Waals surface area (Å²) in [6.45, 7) is 4.97. The van der Waals surface area contributed by atoms with Crippen molar-refractivity contribution in [3.63, 3.8) is 0 Å². The summed E-state index contributed by atoms with van der Waals surface area (Å²) in [5.74, 6) is 0.0141. The van der Waals surface area contributed by atoms with Crippen LogP contribution in [0.3, 0.4) is 0 Å². The number of ketones is 1. The third-order valence-electron chi connectivity index (χ3n) is 2.86. The van der Waals surface area contributed by atoms with Crippen LogP contribution < -0.4 is 0 Å². The SMILES string of the molecule is CCCCN1N=C(C)SC1=CC(=O)c1cccc(Br)c1. The monoisotopic (exact) mass is 352 g/mol. The molecule has 0 saturated heterocycles. The summed E-state index contributed by atoms with van der Waals surface area (Å²) in [7, 11) is 0. The number of carbonyl (C=O) groups excluding carboxylic acids is 1. The molecule has 0 fully saturated rings. The van der Waals surface area contributed by atoms with Crippen LogP contribution >= 0.6 is 27.7 Å². The number of allylic oxidation sites excluding steroid dienone is 1. The zero-order valence-corrected chi connectivity index (χ0v) is 14.0. The van der Waals surface area contributed by atoms with Gasteiger partial charge in [0.05, 0.1) is 5.04 Å². The number of carbonyl (C=O) groups is 1. The van der Waals surface area contributed by atoms with Gasteiger partial charge in [-0.15, -0.1) is 0 Å². The molecule has 2 rings (SSSR count). The molecule has 0 saturated carbocycles. The fourth-order valence-electron chi connectivity index (χ4n) is 1.85. The Kier molecular flexibility index (Phi) is 5.43. The lowest BCUT2D eigenvalue weighted by atomic mass is 10.1. The molecule has 0 aliphatic carbocycles. The van der Waals surface area contributed by atoms with E-state index in [2.05, 4.69) is 28.0 Å². The van der Waals surface area contributed by atoms with E-state index in [1.54, 1.807) is 17.8 Å². The van der Waals surface area contributed by atoms with Gasteiger partial charge in [-0.3, -0.25) is 9.80 Å². The van der Waals surface area contributed by atoms with Gasteiger partial charge in [0.2, 0.25) is 0 Å².